The van der Waals surface area contributed by atoms with Crippen LogP contribution < -0.4 is 0 Å². The first-order valence-electron chi connectivity index (χ1n) is 7.01. The number of carboxylic acids is 1. The van der Waals surface area contributed by atoms with Gasteiger partial charge in [0.2, 0.25) is 11.1 Å². The highest BCUT2D eigenvalue weighted by atomic mass is 32.2. The zero-order chi connectivity index (χ0) is 15.2. The van der Waals surface area contributed by atoms with Gasteiger partial charge in [0.25, 0.3) is 0 Å². The molecule has 0 bridgehead atoms. The minimum Gasteiger partial charge on any atom is -0.480 e. The van der Waals surface area contributed by atoms with Gasteiger partial charge in [0.15, 0.2) is 0 Å². The largest absolute Gasteiger partial charge is 0.480 e. The molecule has 1 aromatic rings. The van der Waals surface area contributed by atoms with Crippen molar-refractivity contribution < 1.29 is 14.7 Å². The van der Waals surface area contributed by atoms with Gasteiger partial charge < -0.3 is 10.0 Å². The van der Waals surface area contributed by atoms with E-state index < -0.39 is 5.97 Å². The third kappa shape index (κ3) is 4.42. The summed E-state index contributed by atoms with van der Waals surface area (Å²) < 4.78 is 1.19. The molecule has 1 N–H and O–H groups in total. The van der Waals surface area contributed by atoms with Gasteiger partial charge in [-0.2, -0.15) is 0 Å². The van der Waals surface area contributed by atoms with Gasteiger partial charge in [0.05, 0.1) is 5.25 Å². The Morgan fingerprint density at radius 2 is 1.95 bits per heavy atom. The second kappa shape index (κ2) is 7.39. The topological polar surface area (TPSA) is 101 Å². The van der Waals surface area contributed by atoms with Gasteiger partial charge in [-0.1, -0.05) is 24.6 Å². The van der Waals surface area contributed by atoms with Crippen molar-refractivity contribution in [3.05, 3.63) is 0 Å². The summed E-state index contributed by atoms with van der Waals surface area (Å²) in [6.07, 6.45) is 4.42. The third-order valence-corrected chi connectivity index (χ3v) is 4.39. The van der Waals surface area contributed by atoms with Crippen LogP contribution in [-0.4, -0.2) is 60.4 Å². The Balaban J connectivity index is 1.96. The van der Waals surface area contributed by atoms with Crippen LogP contribution in [0.4, 0.5) is 0 Å². The number of amides is 1. The molecule has 1 aromatic heterocycles. The molecule has 0 radical (unpaired) electrons. The average Bonchev–Trinajstić information content (AvgIpc) is 2.71. The lowest BCUT2D eigenvalue weighted by Gasteiger charge is -2.23. The highest BCUT2D eigenvalue weighted by Gasteiger charge is 2.24. The van der Waals surface area contributed by atoms with Crippen LogP contribution in [0, 0.1) is 0 Å². The predicted octanol–water partition coefficient (Wildman–Crippen LogP) is 0.641. The fourth-order valence-corrected chi connectivity index (χ4v) is 3.14. The molecular weight excluding hydrogens is 294 g/mol. The first-order valence-corrected chi connectivity index (χ1v) is 7.89. The molecule has 0 aliphatic carbocycles. The van der Waals surface area contributed by atoms with Crippen LogP contribution in [0.1, 0.15) is 32.6 Å². The minimum atomic E-state index is -1.02. The molecule has 116 valence electrons. The third-order valence-electron chi connectivity index (χ3n) is 3.33. The van der Waals surface area contributed by atoms with E-state index in [1.165, 1.54) is 29.3 Å². The number of tetrazole rings is 1. The number of hydrogen-bond donors (Lipinski definition) is 1. The maximum atomic E-state index is 12.4. The van der Waals surface area contributed by atoms with E-state index >= 15 is 0 Å². The van der Waals surface area contributed by atoms with E-state index in [0.717, 1.165) is 25.9 Å². The zero-order valence-electron chi connectivity index (χ0n) is 11.9. The Hall–Kier alpha value is -1.64. The van der Waals surface area contributed by atoms with Crippen LogP contribution in [0.25, 0.3) is 0 Å². The first kappa shape index (κ1) is 15.7. The molecule has 1 unspecified atom stereocenters. The highest BCUT2D eigenvalue weighted by molar-refractivity contribution is 8.00. The maximum Gasteiger partial charge on any atom is 0.325 e. The first-order chi connectivity index (χ1) is 10.1. The van der Waals surface area contributed by atoms with E-state index in [1.54, 1.807) is 6.92 Å². The fourth-order valence-electron chi connectivity index (χ4n) is 2.26. The molecule has 0 aromatic carbocycles. The van der Waals surface area contributed by atoms with Crippen LogP contribution in [0.3, 0.4) is 0 Å². The van der Waals surface area contributed by atoms with Crippen molar-refractivity contribution in [2.75, 3.05) is 13.1 Å². The van der Waals surface area contributed by atoms with Gasteiger partial charge >= 0.3 is 5.97 Å². The number of thioether (sulfide) groups is 1. The number of likely N-dealkylation sites (tertiary alicyclic amines) is 1. The summed E-state index contributed by atoms with van der Waals surface area (Å²) in [4.78, 5) is 25.0. The molecule has 2 heterocycles. The lowest BCUT2D eigenvalue weighted by Crippen LogP contribution is -2.37. The molecule has 9 heteroatoms. The average molecular weight is 313 g/mol. The minimum absolute atomic E-state index is 0.0618. The number of carboxylic acid groups (broad SMARTS) is 1. The molecule has 21 heavy (non-hydrogen) atoms. The highest BCUT2D eigenvalue weighted by Crippen LogP contribution is 2.23. The summed E-state index contributed by atoms with van der Waals surface area (Å²) in [7, 11) is 0. The number of hydrogen-bond acceptors (Lipinski definition) is 6. The Bertz CT molecular complexity index is 499. The van der Waals surface area contributed by atoms with Gasteiger partial charge in [-0.25, -0.2) is 4.68 Å². The normalized spacial score (nSPS) is 17.3. The second-order valence-corrected chi connectivity index (χ2v) is 6.32. The molecule has 1 saturated heterocycles. The van der Waals surface area contributed by atoms with E-state index in [9.17, 15) is 9.59 Å². The quantitative estimate of drug-likeness (QED) is 0.796. The van der Waals surface area contributed by atoms with Crippen LogP contribution >= 0.6 is 11.8 Å². The van der Waals surface area contributed by atoms with Crippen LogP contribution in [-0.2, 0) is 16.1 Å². The maximum absolute atomic E-state index is 12.4. The molecular formula is C12H19N5O3S. The predicted molar refractivity (Wildman–Crippen MR) is 75.8 cm³/mol. The summed E-state index contributed by atoms with van der Waals surface area (Å²) in [5.74, 6) is -0.956. The van der Waals surface area contributed by atoms with E-state index in [0.29, 0.717) is 5.16 Å². The number of carbonyl (C=O) groups is 2. The van der Waals surface area contributed by atoms with Gasteiger partial charge in [-0.05, 0) is 30.2 Å². The van der Waals surface area contributed by atoms with Crippen molar-refractivity contribution in [3.63, 3.8) is 0 Å². The standard InChI is InChI=1S/C12H19N5O3S/c1-9(11(20)16-6-4-2-3-5-7-16)21-12-13-14-15-17(12)8-10(18)19/h9H,2-8H2,1H3,(H,18,19). The van der Waals surface area contributed by atoms with Crippen molar-refractivity contribution >= 4 is 23.6 Å². The van der Waals surface area contributed by atoms with E-state index in [4.69, 9.17) is 5.11 Å². The van der Waals surface area contributed by atoms with Gasteiger partial charge in [-0.3, -0.25) is 9.59 Å². The summed E-state index contributed by atoms with van der Waals surface area (Å²) in [6, 6.07) is 0. The van der Waals surface area contributed by atoms with Crippen LogP contribution in [0.2, 0.25) is 0 Å². The number of rotatable bonds is 5. The van der Waals surface area contributed by atoms with Crippen molar-refractivity contribution in [1.82, 2.24) is 25.1 Å². The molecule has 0 saturated carbocycles. The Labute approximate surface area is 126 Å². The van der Waals surface area contributed by atoms with Crippen LogP contribution in [0.15, 0.2) is 5.16 Å². The number of aliphatic carboxylic acids is 1. The molecule has 1 amide bonds. The Kier molecular flexibility index (Phi) is 5.54. The van der Waals surface area contributed by atoms with Crippen molar-refractivity contribution in [2.45, 2.75) is 49.6 Å². The monoisotopic (exact) mass is 313 g/mol. The second-order valence-electron chi connectivity index (χ2n) is 5.01. The molecule has 1 aliphatic rings. The lowest BCUT2D eigenvalue weighted by atomic mass is 10.2. The molecule has 8 nitrogen and oxygen atoms in total. The van der Waals surface area contributed by atoms with Gasteiger partial charge in [0.1, 0.15) is 6.54 Å². The molecule has 1 aliphatic heterocycles. The summed E-state index contributed by atoms with van der Waals surface area (Å²) in [5.41, 5.74) is 0. The van der Waals surface area contributed by atoms with Crippen molar-refractivity contribution in [1.29, 1.82) is 0 Å². The van der Waals surface area contributed by atoms with Crippen LogP contribution in [0.5, 0.6) is 0 Å². The Morgan fingerprint density at radius 3 is 2.57 bits per heavy atom. The zero-order valence-corrected chi connectivity index (χ0v) is 12.8. The lowest BCUT2D eigenvalue weighted by molar-refractivity contribution is -0.138. The SMILES string of the molecule is CC(Sc1nnnn1CC(=O)O)C(=O)N1CCCCCC1. The van der Waals surface area contributed by atoms with E-state index in [2.05, 4.69) is 15.5 Å². The molecule has 0 spiro atoms. The van der Waals surface area contributed by atoms with E-state index in [1.807, 2.05) is 4.90 Å². The molecule has 1 fully saturated rings. The Morgan fingerprint density at radius 1 is 1.29 bits per heavy atom. The molecule has 1 atom stereocenters. The van der Waals surface area contributed by atoms with Gasteiger partial charge in [0, 0.05) is 13.1 Å². The smallest absolute Gasteiger partial charge is 0.325 e. The summed E-state index contributed by atoms with van der Waals surface area (Å²) >= 11 is 1.20. The number of carbonyl (C=O) groups excluding carboxylic acids is 1. The van der Waals surface area contributed by atoms with Crippen molar-refractivity contribution in [3.8, 4) is 0 Å². The summed E-state index contributed by atoms with van der Waals surface area (Å²) in [5, 5.41) is 19.7. The fraction of sp³-hybridized carbons (Fsp3) is 0.750. The number of nitrogens with zero attached hydrogens (tertiary/aromatic N) is 5. The molecule has 2 rings (SSSR count). The van der Waals surface area contributed by atoms with Crippen molar-refractivity contribution in [2.24, 2.45) is 0 Å². The summed E-state index contributed by atoms with van der Waals surface area (Å²) in [6.45, 7) is 3.09. The van der Waals surface area contributed by atoms with E-state index in [-0.39, 0.29) is 17.7 Å². The van der Waals surface area contributed by atoms with Gasteiger partial charge in [-0.15, -0.1) is 5.10 Å². The number of aromatic nitrogens is 4.